The van der Waals surface area contributed by atoms with Gasteiger partial charge in [-0.1, -0.05) is 12.1 Å². The Labute approximate surface area is 108 Å². The topological polar surface area (TPSA) is 50.4 Å². The van der Waals surface area contributed by atoms with E-state index < -0.39 is 0 Å². The first-order valence-electron chi connectivity index (χ1n) is 6.43. The van der Waals surface area contributed by atoms with Crippen LogP contribution in [-0.2, 0) is 11.2 Å². The third-order valence-corrected chi connectivity index (χ3v) is 3.22. The van der Waals surface area contributed by atoms with Crippen molar-refractivity contribution >= 4 is 5.91 Å². The molecule has 4 nitrogen and oxygen atoms in total. The molecule has 2 N–H and O–H groups in total. The van der Waals surface area contributed by atoms with Crippen molar-refractivity contribution < 1.29 is 9.53 Å². The second-order valence-electron chi connectivity index (χ2n) is 4.54. The molecule has 1 saturated heterocycles. The van der Waals surface area contributed by atoms with Crippen LogP contribution in [-0.4, -0.2) is 32.1 Å². The lowest BCUT2D eigenvalue weighted by atomic mass is 10.1. The van der Waals surface area contributed by atoms with Crippen LogP contribution in [0.4, 0.5) is 0 Å². The minimum Gasteiger partial charge on any atom is -0.497 e. The quantitative estimate of drug-likeness (QED) is 0.820. The van der Waals surface area contributed by atoms with Crippen molar-refractivity contribution in [1.29, 1.82) is 0 Å². The lowest BCUT2D eigenvalue weighted by Gasteiger charge is -2.11. The Morgan fingerprint density at radius 3 is 3.17 bits per heavy atom. The molecule has 1 heterocycles. The summed E-state index contributed by atoms with van der Waals surface area (Å²) in [4.78, 5) is 11.8. The van der Waals surface area contributed by atoms with Crippen LogP contribution in [0.15, 0.2) is 24.3 Å². The monoisotopic (exact) mass is 248 g/mol. The van der Waals surface area contributed by atoms with Crippen LogP contribution in [0, 0.1) is 0 Å². The van der Waals surface area contributed by atoms with Gasteiger partial charge in [-0.25, -0.2) is 0 Å². The highest BCUT2D eigenvalue weighted by Gasteiger charge is 2.21. The Morgan fingerprint density at radius 1 is 1.56 bits per heavy atom. The molecule has 0 saturated carbocycles. The SMILES string of the molecule is COc1cccc(CCNC(=O)[C@@H]2CCCN2)c1. The van der Waals surface area contributed by atoms with Gasteiger partial charge in [0.2, 0.25) is 5.91 Å². The van der Waals surface area contributed by atoms with Gasteiger partial charge >= 0.3 is 0 Å². The lowest BCUT2D eigenvalue weighted by molar-refractivity contribution is -0.122. The number of ether oxygens (including phenoxy) is 1. The van der Waals surface area contributed by atoms with Crippen molar-refractivity contribution in [1.82, 2.24) is 10.6 Å². The van der Waals surface area contributed by atoms with E-state index in [4.69, 9.17) is 4.74 Å². The van der Waals surface area contributed by atoms with E-state index in [9.17, 15) is 4.79 Å². The Balaban J connectivity index is 1.75. The van der Waals surface area contributed by atoms with E-state index in [1.807, 2.05) is 24.3 Å². The minimum absolute atomic E-state index is 0.00955. The van der Waals surface area contributed by atoms with E-state index >= 15 is 0 Å². The lowest BCUT2D eigenvalue weighted by Crippen LogP contribution is -2.41. The number of amides is 1. The van der Waals surface area contributed by atoms with Crippen molar-refractivity contribution in [3.05, 3.63) is 29.8 Å². The minimum atomic E-state index is 0.00955. The summed E-state index contributed by atoms with van der Waals surface area (Å²) in [5.41, 5.74) is 1.18. The largest absolute Gasteiger partial charge is 0.497 e. The summed E-state index contributed by atoms with van der Waals surface area (Å²) < 4.78 is 5.17. The van der Waals surface area contributed by atoms with Gasteiger partial charge in [-0.3, -0.25) is 4.79 Å². The normalized spacial score (nSPS) is 18.6. The smallest absolute Gasteiger partial charge is 0.237 e. The maximum absolute atomic E-state index is 11.8. The summed E-state index contributed by atoms with van der Waals surface area (Å²) >= 11 is 0. The van der Waals surface area contributed by atoms with Gasteiger partial charge in [0, 0.05) is 6.54 Å². The van der Waals surface area contributed by atoms with E-state index in [0.717, 1.165) is 31.6 Å². The first kappa shape index (κ1) is 12.9. The third-order valence-electron chi connectivity index (χ3n) is 3.22. The van der Waals surface area contributed by atoms with Crippen LogP contribution < -0.4 is 15.4 Å². The molecule has 0 aliphatic carbocycles. The number of hydrogen-bond donors (Lipinski definition) is 2. The maximum atomic E-state index is 11.8. The van der Waals surface area contributed by atoms with Crippen LogP contribution in [0.5, 0.6) is 5.75 Å². The molecule has 0 bridgehead atoms. The number of carbonyl (C=O) groups is 1. The van der Waals surface area contributed by atoms with Gasteiger partial charge in [-0.15, -0.1) is 0 Å². The highest BCUT2D eigenvalue weighted by molar-refractivity contribution is 5.81. The fourth-order valence-corrected chi connectivity index (χ4v) is 2.19. The molecule has 1 aromatic rings. The summed E-state index contributed by atoms with van der Waals surface area (Å²) in [5, 5.41) is 6.16. The molecular weight excluding hydrogens is 228 g/mol. The molecule has 0 aromatic heterocycles. The van der Waals surface area contributed by atoms with E-state index in [2.05, 4.69) is 10.6 Å². The van der Waals surface area contributed by atoms with Crippen LogP contribution in [0.25, 0.3) is 0 Å². The Hall–Kier alpha value is -1.55. The molecule has 0 spiro atoms. The Kier molecular flexibility index (Phi) is 4.59. The van der Waals surface area contributed by atoms with Crippen molar-refractivity contribution in [2.45, 2.75) is 25.3 Å². The summed E-state index contributed by atoms with van der Waals surface area (Å²) in [6.07, 6.45) is 2.87. The molecule has 4 heteroatoms. The van der Waals surface area contributed by atoms with E-state index in [1.165, 1.54) is 5.56 Å². The average Bonchev–Trinajstić information content (AvgIpc) is 2.93. The molecule has 1 aliphatic rings. The van der Waals surface area contributed by atoms with Gasteiger partial charge in [0.1, 0.15) is 5.75 Å². The predicted octanol–water partition coefficient (Wildman–Crippen LogP) is 1.11. The van der Waals surface area contributed by atoms with Gasteiger partial charge < -0.3 is 15.4 Å². The zero-order valence-electron chi connectivity index (χ0n) is 10.7. The molecule has 0 radical (unpaired) electrons. The number of methoxy groups -OCH3 is 1. The Morgan fingerprint density at radius 2 is 2.44 bits per heavy atom. The number of carbonyl (C=O) groups excluding carboxylic acids is 1. The van der Waals surface area contributed by atoms with E-state index in [1.54, 1.807) is 7.11 Å². The van der Waals surface area contributed by atoms with Crippen molar-refractivity contribution in [3.8, 4) is 5.75 Å². The van der Waals surface area contributed by atoms with E-state index in [0.29, 0.717) is 6.54 Å². The van der Waals surface area contributed by atoms with Crippen molar-refractivity contribution in [2.75, 3.05) is 20.2 Å². The van der Waals surface area contributed by atoms with E-state index in [-0.39, 0.29) is 11.9 Å². The van der Waals surface area contributed by atoms with Gasteiger partial charge in [0.05, 0.1) is 13.2 Å². The molecule has 1 aromatic carbocycles. The number of rotatable bonds is 5. The van der Waals surface area contributed by atoms with Crippen molar-refractivity contribution in [2.24, 2.45) is 0 Å². The molecule has 18 heavy (non-hydrogen) atoms. The third kappa shape index (κ3) is 3.47. The maximum Gasteiger partial charge on any atom is 0.237 e. The van der Waals surface area contributed by atoms with Crippen molar-refractivity contribution in [3.63, 3.8) is 0 Å². The number of hydrogen-bond acceptors (Lipinski definition) is 3. The zero-order chi connectivity index (χ0) is 12.8. The highest BCUT2D eigenvalue weighted by atomic mass is 16.5. The summed E-state index contributed by atoms with van der Waals surface area (Å²) in [6, 6.07) is 7.94. The highest BCUT2D eigenvalue weighted by Crippen LogP contribution is 2.12. The van der Waals surface area contributed by atoms with Gasteiger partial charge in [0.15, 0.2) is 0 Å². The summed E-state index contributed by atoms with van der Waals surface area (Å²) in [7, 11) is 1.66. The number of nitrogens with one attached hydrogen (secondary N) is 2. The van der Waals surface area contributed by atoms with Crippen LogP contribution in [0.3, 0.4) is 0 Å². The number of benzene rings is 1. The second kappa shape index (κ2) is 6.40. The molecule has 1 amide bonds. The molecule has 98 valence electrons. The predicted molar refractivity (Wildman–Crippen MR) is 70.7 cm³/mol. The van der Waals surface area contributed by atoms with Gasteiger partial charge in [0.25, 0.3) is 0 Å². The average molecular weight is 248 g/mol. The molecule has 2 rings (SSSR count). The molecule has 1 aliphatic heterocycles. The fourth-order valence-electron chi connectivity index (χ4n) is 2.19. The van der Waals surface area contributed by atoms with Crippen LogP contribution in [0.1, 0.15) is 18.4 Å². The van der Waals surface area contributed by atoms with Gasteiger partial charge in [-0.2, -0.15) is 0 Å². The first-order valence-corrected chi connectivity index (χ1v) is 6.43. The molecule has 0 unspecified atom stereocenters. The summed E-state index contributed by atoms with van der Waals surface area (Å²) in [5.74, 6) is 0.978. The fraction of sp³-hybridized carbons (Fsp3) is 0.500. The summed E-state index contributed by atoms with van der Waals surface area (Å²) in [6.45, 7) is 1.62. The molecular formula is C14H20N2O2. The first-order chi connectivity index (χ1) is 8.79. The standard InChI is InChI=1S/C14H20N2O2/c1-18-12-5-2-4-11(10-12)7-9-16-14(17)13-6-3-8-15-13/h2,4-5,10,13,15H,3,6-9H2,1H3,(H,16,17)/t13-/m0/s1. The molecule has 1 fully saturated rings. The second-order valence-corrected chi connectivity index (χ2v) is 4.54. The van der Waals surface area contributed by atoms with Gasteiger partial charge in [-0.05, 0) is 43.5 Å². The zero-order valence-corrected chi connectivity index (χ0v) is 10.7. The van der Waals surface area contributed by atoms with Crippen LogP contribution >= 0.6 is 0 Å². The van der Waals surface area contributed by atoms with Crippen LogP contribution in [0.2, 0.25) is 0 Å². The molecule has 1 atom stereocenters. The Bertz CT molecular complexity index is 401.